The number of pyridine rings is 1. The second-order valence-electron chi connectivity index (χ2n) is 3.45. The first kappa shape index (κ1) is 10.1. The summed E-state index contributed by atoms with van der Waals surface area (Å²) in [6.45, 7) is 0.862. The molecule has 1 fully saturated rings. The zero-order valence-electron chi connectivity index (χ0n) is 7.79. The fraction of sp³-hybridized carbons (Fsp3) is 0.500. The molecule has 0 N–H and O–H groups in total. The second kappa shape index (κ2) is 4.37. The zero-order chi connectivity index (χ0) is 9.97. The van der Waals surface area contributed by atoms with Crippen molar-refractivity contribution in [2.75, 3.05) is 17.3 Å². The maximum Gasteiger partial charge on any atom is 0.128 e. The van der Waals surface area contributed by atoms with Crippen molar-refractivity contribution in [3.05, 3.63) is 23.4 Å². The molecule has 1 saturated carbocycles. The van der Waals surface area contributed by atoms with Crippen LogP contribution in [0.4, 0.5) is 5.82 Å². The fourth-order valence-electron chi connectivity index (χ4n) is 1.50. The van der Waals surface area contributed by atoms with Gasteiger partial charge in [0, 0.05) is 24.7 Å². The van der Waals surface area contributed by atoms with Crippen molar-refractivity contribution in [2.45, 2.75) is 18.9 Å². The van der Waals surface area contributed by atoms with E-state index in [1.165, 1.54) is 12.8 Å². The highest BCUT2D eigenvalue weighted by Crippen LogP contribution is 2.30. The summed E-state index contributed by atoms with van der Waals surface area (Å²) < 4.78 is 0. The third-order valence-corrected chi connectivity index (χ3v) is 2.71. The lowest BCUT2D eigenvalue weighted by atomic mass is 10.4. The van der Waals surface area contributed by atoms with Crippen molar-refractivity contribution in [3.63, 3.8) is 0 Å². The van der Waals surface area contributed by atoms with E-state index in [4.69, 9.17) is 23.2 Å². The minimum absolute atomic E-state index is 0.640. The summed E-state index contributed by atoms with van der Waals surface area (Å²) >= 11 is 11.5. The van der Waals surface area contributed by atoms with E-state index in [-0.39, 0.29) is 0 Å². The number of anilines is 1. The van der Waals surface area contributed by atoms with Crippen LogP contribution in [0.1, 0.15) is 12.8 Å². The third-order valence-electron chi connectivity index (χ3n) is 2.32. The molecule has 14 heavy (non-hydrogen) atoms. The van der Waals surface area contributed by atoms with Crippen LogP contribution in [0.15, 0.2) is 18.3 Å². The Morgan fingerprint density at radius 2 is 2.21 bits per heavy atom. The lowest BCUT2D eigenvalue weighted by Crippen LogP contribution is -2.28. The van der Waals surface area contributed by atoms with Crippen LogP contribution in [0.25, 0.3) is 0 Å². The topological polar surface area (TPSA) is 16.1 Å². The molecule has 1 aromatic rings. The molecule has 0 saturated heterocycles. The van der Waals surface area contributed by atoms with Gasteiger partial charge in [-0.2, -0.15) is 0 Å². The van der Waals surface area contributed by atoms with Crippen LogP contribution in [0, 0.1) is 0 Å². The molecule has 1 aromatic heterocycles. The molecule has 0 radical (unpaired) electrons. The van der Waals surface area contributed by atoms with Gasteiger partial charge in [0.2, 0.25) is 0 Å². The molecule has 0 bridgehead atoms. The maximum absolute atomic E-state index is 5.78. The monoisotopic (exact) mass is 230 g/mol. The molecule has 0 aromatic carbocycles. The van der Waals surface area contributed by atoms with Gasteiger partial charge in [-0.3, -0.25) is 0 Å². The number of alkyl halides is 1. The summed E-state index contributed by atoms with van der Waals surface area (Å²) in [5.41, 5.74) is 0. The SMILES string of the molecule is ClCCN(c1ccc(Cl)cn1)C1CC1. The third kappa shape index (κ3) is 2.31. The van der Waals surface area contributed by atoms with E-state index < -0.39 is 0 Å². The van der Waals surface area contributed by atoms with E-state index in [0.29, 0.717) is 16.9 Å². The molecule has 0 atom stereocenters. The Balaban J connectivity index is 2.13. The van der Waals surface area contributed by atoms with Gasteiger partial charge in [-0.25, -0.2) is 4.98 Å². The van der Waals surface area contributed by atoms with Gasteiger partial charge in [0.25, 0.3) is 0 Å². The molecular weight excluding hydrogens is 219 g/mol. The predicted molar refractivity (Wildman–Crippen MR) is 60.3 cm³/mol. The number of nitrogens with zero attached hydrogens (tertiary/aromatic N) is 2. The predicted octanol–water partition coefficient (Wildman–Crippen LogP) is 2.94. The Kier molecular flexibility index (Phi) is 3.14. The van der Waals surface area contributed by atoms with Crippen molar-refractivity contribution in [3.8, 4) is 0 Å². The van der Waals surface area contributed by atoms with Crippen LogP contribution < -0.4 is 4.90 Å². The smallest absolute Gasteiger partial charge is 0.128 e. The fourth-order valence-corrected chi connectivity index (χ4v) is 1.79. The summed E-state index contributed by atoms with van der Waals surface area (Å²) in [5, 5.41) is 0.676. The van der Waals surface area contributed by atoms with Gasteiger partial charge in [-0.05, 0) is 25.0 Å². The molecule has 0 unspecified atom stereocenters. The number of aromatic nitrogens is 1. The molecule has 0 aliphatic heterocycles. The van der Waals surface area contributed by atoms with Crippen LogP contribution in [-0.2, 0) is 0 Å². The standard InChI is InChI=1S/C10H12Cl2N2/c11-5-6-14(9-2-3-9)10-4-1-8(12)7-13-10/h1,4,7,9H,2-3,5-6H2. The minimum Gasteiger partial charge on any atom is -0.352 e. The largest absolute Gasteiger partial charge is 0.352 e. The summed E-state index contributed by atoms with van der Waals surface area (Å²) in [7, 11) is 0. The van der Waals surface area contributed by atoms with Gasteiger partial charge in [0.15, 0.2) is 0 Å². The Morgan fingerprint density at radius 1 is 1.43 bits per heavy atom. The lowest BCUT2D eigenvalue weighted by Gasteiger charge is -2.22. The van der Waals surface area contributed by atoms with Crippen molar-refractivity contribution in [2.24, 2.45) is 0 Å². The van der Waals surface area contributed by atoms with Crippen LogP contribution >= 0.6 is 23.2 Å². The van der Waals surface area contributed by atoms with Gasteiger partial charge in [0.05, 0.1) is 5.02 Å². The Morgan fingerprint density at radius 3 is 2.71 bits per heavy atom. The Hall–Kier alpha value is -0.470. The van der Waals surface area contributed by atoms with E-state index in [2.05, 4.69) is 9.88 Å². The number of hydrogen-bond donors (Lipinski definition) is 0. The number of halogens is 2. The van der Waals surface area contributed by atoms with Crippen molar-refractivity contribution >= 4 is 29.0 Å². The van der Waals surface area contributed by atoms with Crippen molar-refractivity contribution in [1.29, 1.82) is 0 Å². The van der Waals surface area contributed by atoms with E-state index in [1.54, 1.807) is 6.20 Å². The molecule has 2 rings (SSSR count). The molecule has 76 valence electrons. The number of hydrogen-bond acceptors (Lipinski definition) is 2. The Labute approximate surface area is 93.8 Å². The summed E-state index contributed by atoms with van der Waals surface area (Å²) in [5.74, 6) is 1.62. The van der Waals surface area contributed by atoms with Crippen LogP contribution in [0.5, 0.6) is 0 Å². The van der Waals surface area contributed by atoms with Gasteiger partial charge in [-0.15, -0.1) is 11.6 Å². The first-order valence-corrected chi connectivity index (χ1v) is 5.66. The van der Waals surface area contributed by atoms with Gasteiger partial charge >= 0.3 is 0 Å². The molecule has 1 aliphatic rings. The van der Waals surface area contributed by atoms with Crippen LogP contribution in [0.3, 0.4) is 0 Å². The van der Waals surface area contributed by atoms with E-state index in [1.807, 2.05) is 12.1 Å². The lowest BCUT2D eigenvalue weighted by molar-refractivity contribution is 0.812. The van der Waals surface area contributed by atoms with Gasteiger partial charge in [0.1, 0.15) is 5.82 Å². The van der Waals surface area contributed by atoms with Crippen molar-refractivity contribution in [1.82, 2.24) is 4.98 Å². The Bertz CT molecular complexity index is 295. The molecule has 0 amide bonds. The molecular formula is C10H12Cl2N2. The first-order chi connectivity index (χ1) is 6.81. The van der Waals surface area contributed by atoms with Crippen LogP contribution in [-0.4, -0.2) is 23.5 Å². The zero-order valence-corrected chi connectivity index (χ0v) is 9.30. The van der Waals surface area contributed by atoms with Crippen molar-refractivity contribution < 1.29 is 0 Å². The van der Waals surface area contributed by atoms with Crippen LogP contribution in [0.2, 0.25) is 5.02 Å². The summed E-state index contributed by atoms with van der Waals surface area (Å²) in [4.78, 5) is 6.55. The molecule has 1 heterocycles. The average Bonchev–Trinajstić information content (AvgIpc) is 2.99. The minimum atomic E-state index is 0.640. The summed E-state index contributed by atoms with van der Waals surface area (Å²) in [6, 6.07) is 4.46. The van der Waals surface area contributed by atoms with Gasteiger partial charge < -0.3 is 4.90 Å². The highest BCUT2D eigenvalue weighted by molar-refractivity contribution is 6.30. The highest BCUT2D eigenvalue weighted by atomic mass is 35.5. The molecule has 4 heteroatoms. The van der Waals surface area contributed by atoms with Gasteiger partial charge in [-0.1, -0.05) is 11.6 Å². The molecule has 1 aliphatic carbocycles. The highest BCUT2D eigenvalue weighted by Gasteiger charge is 2.29. The first-order valence-electron chi connectivity index (χ1n) is 4.75. The quantitative estimate of drug-likeness (QED) is 0.740. The molecule has 0 spiro atoms. The normalized spacial score (nSPS) is 15.6. The van der Waals surface area contributed by atoms with E-state index in [0.717, 1.165) is 12.4 Å². The van der Waals surface area contributed by atoms with E-state index >= 15 is 0 Å². The maximum atomic E-state index is 5.78. The average molecular weight is 231 g/mol. The van der Waals surface area contributed by atoms with E-state index in [9.17, 15) is 0 Å². The number of rotatable bonds is 4. The summed E-state index contributed by atoms with van der Waals surface area (Å²) in [6.07, 6.45) is 4.18. The second-order valence-corrected chi connectivity index (χ2v) is 4.26. The molecule has 2 nitrogen and oxygen atoms in total.